The third-order valence-corrected chi connectivity index (χ3v) is 3.21. The average Bonchev–Trinajstić information content (AvgIpc) is 2.54. The molecule has 2 aromatic rings. The summed E-state index contributed by atoms with van der Waals surface area (Å²) in [7, 11) is 4.00. The zero-order valence-corrected chi connectivity index (χ0v) is 13.3. The van der Waals surface area contributed by atoms with Gasteiger partial charge in [-0.25, -0.2) is 9.37 Å². The molecule has 23 heavy (non-hydrogen) atoms. The normalized spacial score (nSPS) is 10.6. The van der Waals surface area contributed by atoms with Gasteiger partial charge in [-0.05, 0) is 63.5 Å². The second kappa shape index (κ2) is 8.24. The largest absolute Gasteiger partial charge is 0.352 e. The quantitative estimate of drug-likeness (QED) is 0.771. The molecule has 2 rings (SSSR count). The number of hydrogen-bond acceptors (Lipinski definition) is 4. The first-order chi connectivity index (χ1) is 11.0. The molecular weight excluding hydrogens is 295 g/mol. The first-order valence-electron chi connectivity index (χ1n) is 7.46. The fourth-order valence-electron chi connectivity index (χ4n) is 1.98. The minimum atomic E-state index is -0.287. The Labute approximate surface area is 135 Å². The van der Waals surface area contributed by atoms with Crippen molar-refractivity contribution < 1.29 is 9.18 Å². The Bertz CT molecular complexity index is 626. The third-order valence-electron chi connectivity index (χ3n) is 3.21. The maximum absolute atomic E-state index is 12.8. The summed E-state index contributed by atoms with van der Waals surface area (Å²) in [6.07, 6.45) is 2.42. The molecule has 2 N–H and O–H groups in total. The van der Waals surface area contributed by atoms with E-state index in [0.717, 1.165) is 18.7 Å². The van der Waals surface area contributed by atoms with Crippen LogP contribution in [-0.2, 0) is 0 Å². The summed E-state index contributed by atoms with van der Waals surface area (Å²) < 4.78 is 12.8. The number of pyridine rings is 1. The highest BCUT2D eigenvalue weighted by atomic mass is 19.1. The van der Waals surface area contributed by atoms with Crippen molar-refractivity contribution in [1.29, 1.82) is 0 Å². The second-order valence-corrected chi connectivity index (χ2v) is 5.48. The van der Waals surface area contributed by atoms with Gasteiger partial charge in [-0.1, -0.05) is 0 Å². The van der Waals surface area contributed by atoms with E-state index in [1.807, 2.05) is 14.1 Å². The fraction of sp³-hybridized carbons (Fsp3) is 0.294. The van der Waals surface area contributed by atoms with Crippen LogP contribution in [0.4, 0.5) is 15.9 Å². The monoisotopic (exact) mass is 316 g/mol. The van der Waals surface area contributed by atoms with Crippen molar-refractivity contribution in [3.63, 3.8) is 0 Å². The molecule has 0 radical (unpaired) electrons. The van der Waals surface area contributed by atoms with Crippen LogP contribution in [0.1, 0.15) is 16.8 Å². The zero-order chi connectivity index (χ0) is 16.7. The van der Waals surface area contributed by atoms with E-state index in [0.29, 0.717) is 17.9 Å². The van der Waals surface area contributed by atoms with E-state index < -0.39 is 0 Å². The molecule has 0 aliphatic carbocycles. The Morgan fingerprint density at radius 3 is 2.52 bits per heavy atom. The fourth-order valence-corrected chi connectivity index (χ4v) is 1.98. The topological polar surface area (TPSA) is 57.3 Å². The molecule has 5 nitrogen and oxygen atoms in total. The number of nitrogens with zero attached hydrogens (tertiary/aromatic N) is 2. The lowest BCUT2D eigenvalue weighted by atomic mass is 10.2. The van der Waals surface area contributed by atoms with Crippen LogP contribution >= 0.6 is 0 Å². The van der Waals surface area contributed by atoms with E-state index in [1.165, 1.54) is 18.3 Å². The lowest BCUT2D eigenvalue weighted by molar-refractivity contribution is 0.0952. The van der Waals surface area contributed by atoms with Gasteiger partial charge in [-0.2, -0.15) is 0 Å². The number of halogens is 1. The summed E-state index contributed by atoms with van der Waals surface area (Å²) in [5.74, 6) is 0.176. The molecule has 1 aromatic heterocycles. The van der Waals surface area contributed by atoms with Gasteiger partial charge in [0.25, 0.3) is 5.91 Å². The lowest BCUT2D eigenvalue weighted by Gasteiger charge is -2.10. The molecule has 1 heterocycles. The zero-order valence-electron chi connectivity index (χ0n) is 13.3. The summed E-state index contributed by atoms with van der Waals surface area (Å²) in [6, 6.07) is 9.43. The first kappa shape index (κ1) is 16.9. The van der Waals surface area contributed by atoms with Gasteiger partial charge in [0.1, 0.15) is 11.6 Å². The summed E-state index contributed by atoms with van der Waals surface area (Å²) in [5, 5.41) is 5.91. The number of amides is 1. The SMILES string of the molecule is CN(C)CCCNC(=O)c1ccc(Nc2ccc(F)cc2)nc1. The van der Waals surface area contributed by atoms with E-state index in [1.54, 1.807) is 24.3 Å². The molecule has 0 saturated heterocycles. The minimum absolute atomic E-state index is 0.135. The molecule has 0 bridgehead atoms. The number of anilines is 2. The van der Waals surface area contributed by atoms with Crippen molar-refractivity contribution in [2.24, 2.45) is 0 Å². The number of aromatic nitrogens is 1. The van der Waals surface area contributed by atoms with Gasteiger partial charge in [0.05, 0.1) is 5.56 Å². The minimum Gasteiger partial charge on any atom is -0.352 e. The van der Waals surface area contributed by atoms with Crippen molar-refractivity contribution in [3.8, 4) is 0 Å². The van der Waals surface area contributed by atoms with Crippen LogP contribution in [0.3, 0.4) is 0 Å². The number of rotatable bonds is 7. The lowest BCUT2D eigenvalue weighted by Crippen LogP contribution is -2.27. The highest BCUT2D eigenvalue weighted by molar-refractivity contribution is 5.94. The molecule has 0 atom stereocenters. The Balaban J connectivity index is 1.86. The molecule has 0 aliphatic rings. The van der Waals surface area contributed by atoms with Crippen molar-refractivity contribution in [2.75, 3.05) is 32.5 Å². The van der Waals surface area contributed by atoms with Crippen LogP contribution in [0.15, 0.2) is 42.6 Å². The highest BCUT2D eigenvalue weighted by Gasteiger charge is 2.06. The van der Waals surface area contributed by atoms with E-state index in [2.05, 4.69) is 20.5 Å². The highest BCUT2D eigenvalue weighted by Crippen LogP contribution is 2.15. The maximum atomic E-state index is 12.8. The third kappa shape index (κ3) is 5.67. The predicted molar refractivity (Wildman–Crippen MR) is 89.4 cm³/mol. The molecule has 0 fully saturated rings. The van der Waals surface area contributed by atoms with Gasteiger partial charge in [-0.3, -0.25) is 4.79 Å². The van der Waals surface area contributed by atoms with Crippen LogP contribution < -0.4 is 10.6 Å². The maximum Gasteiger partial charge on any atom is 0.252 e. The van der Waals surface area contributed by atoms with Gasteiger partial charge < -0.3 is 15.5 Å². The van der Waals surface area contributed by atoms with Gasteiger partial charge in [0.2, 0.25) is 0 Å². The van der Waals surface area contributed by atoms with Crippen molar-refractivity contribution in [1.82, 2.24) is 15.2 Å². The van der Waals surface area contributed by atoms with Gasteiger partial charge in [0.15, 0.2) is 0 Å². The predicted octanol–water partition coefficient (Wildman–Crippen LogP) is 2.65. The smallest absolute Gasteiger partial charge is 0.252 e. The number of carbonyl (C=O) groups is 1. The van der Waals surface area contributed by atoms with Crippen LogP contribution in [0, 0.1) is 5.82 Å². The van der Waals surface area contributed by atoms with Crippen molar-refractivity contribution in [3.05, 3.63) is 54.0 Å². The van der Waals surface area contributed by atoms with E-state index in [-0.39, 0.29) is 11.7 Å². The Morgan fingerprint density at radius 2 is 1.91 bits per heavy atom. The summed E-state index contributed by atoms with van der Waals surface area (Å²) in [6.45, 7) is 1.56. The van der Waals surface area contributed by atoms with Crippen LogP contribution in [0.5, 0.6) is 0 Å². The Kier molecular flexibility index (Phi) is 6.05. The van der Waals surface area contributed by atoms with Gasteiger partial charge >= 0.3 is 0 Å². The van der Waals surface area contributed by atoms with Crippen molar-refractivity contribution in [2.45, 2.75) is 6.42 Å². The molecule has 0 spiro atoms. The molecule has 0 aliphatic heterocycles. The molecule has 1 amide bonds. The average molecular weight is 316 g/mol. The molecule has 6 heteroatoms. The van der Waals surface area contributed by atoms with Crippen LogP contribution in [0.2, 0.25) is 0 Å². The van der Waals surface area contributed by atoms with Crippen molar-refractivity contribution >= 4 is 17.4 Å². The molecule has 122 valence electrons. The molecule has 1 aromatic carbocycles. The summed E-state index contributed by atoms with van der Waals surface area (Å²) in [5.41, 5.74) is 1.25. The van der Waals surface area contributed by atoms with Gasteiger partial charge in [0, 0.05) is 18.4 Å². The second-order valence-electron chi connectivity index (χ2n) is 5.48. The van der Waals surface area contributed by atoms with E-state index in [9.17, 15) is 9.18 Å². The molecule has 0 unspecified atom stereocenters. The van der Waals surface area contributed by atoms with Crippen LogP contribution in [0.25, 0.3) is 0 Å². The van der Waals surface area contributed by atoms with Gasteiger partial charge in [-0.15, -0.1) is 0 Å². The Morgan fingerprint density at radius 1 is 1.17 bits per heavy atom. The van der Waals surface area contributed by atoms with E-state index in [4.69, 9.17) is 0 Å². The van der Waals surface area contributed by atoms with Crippen LogP contribution in [-0.4, -0.2) is 43.0 Å². The summed E-state index contributed by atoms with van der Waals surface area (Å²) >= 11 is 0. The molecule has 0 saturated carbocycles. The number of benzene rings is 1. The summed E-state index contributed by atoms with van der Waals surface area (Å²) in [4.78, 5) is 18.2. The number of hydrogen-bond donors (Lipinski definition) is 2. The number of carbonyl (C=O) groups excluding carboxylic acids is 1. The first-order valence-corrected chi connectivity index (χ1v) is 7.46. The van der Waals surface area contributed by atoms with E-state index >= 15 is 0 Å². The standard InChI is InChI=1S/C17H21FN4O/c1-22(2)11-3-10-19-17(23)13-4-9-16(20-12-13)21-15-7-5-14(18)6-8-15/h4-9,12H,3,10-11H2,1-2H3,(H,19,23)(H,20,21). The Hall–Kier alpha value is -2.47. The molecular formula is C17H21FN4O. The number of nitrogens with one attached hydrogen (secondary N) is 2.